The summed E-state index contributed by atoms with van der Waals surface area (Å²) in [4.78, 5) is 12.4. The van der Waals surface area contributed by atoms with Gasteiger partial charge in [0.15, 0.2) is 0 Å². The molecule has 130 valence electrons. The second-order valence-electron chi connectivity index (χ2n) is 6.18. The normalized spacial score (nSPS) is 22.8. The van der Waals surface area contributed by atoms with Gasteiger partial charge in [-0.2, -0.15) is 0 Å². The SMILES string of the molecule is O=C1NC(=S)S/C1=C\c1cccc(OCC2=CC=CC3CC=CC=C23)c1. The fourth-order valence-electron chi connectivity index (χ4n) is 3.14. The maximum absolute atomic E-state index is 11.8. The van der Waals surface area contributed by atoms with Crippen molar-refractivity contribution < 1.29 is 9.53 Å². The Bertz CT molecular complexity index is 922. The average molecular weight is 380 g/mol. The fourth-order valence-corrected chi connectivity index (χ4v) is 4.18. The number of nitrogens with one attached hydrogen (secondary N) is 1. The molecule has 1 unspecified atom stereocenters. The number of thiocarbonyl (C=S) groups is 1. The zero-order valence-corrected chi connectivity index (χ0v) is 15.6. The smallest absolute Gasteiger partial charge is 0.263 e. The van der Waals surface area contributed by atoms with Gasteiger partial charge in [0.25, 0.3) is 5.91 Å². The van der Waals surface area contributed by atoms with Gasteiger partial charge in [-0.15, -0.1) is 0 Å². The van der Waals surface area contributed by atoms with Gasteiger partial charge < -0.3 is 10.1 Å². The predicted octanol–water partition coefficient (Wildman–Crippen LogP) is 4.55. The maximum Gasteiger partial charge on any atom is 0.263 e. The van der Waals surface area contributed by atoms with Crippen LogP contribution in [0.4, 0.5) is 0 Å². The summed E-state index contributed by atoms with van der Waals surface area (Å²) in [6, 6.07) is 7.74. The number of hydrogen-bond acceptors (Lipinski definition) is 4. The van der Waals surface area contributed by atoms with Crippen molar-refractivity contribution in [1.29, 1.82) is 0 Å². The number of hydrogen-bond donors (Lipinski definition) is 1. The van der Waals surface area contributed by atoms with Crippen LogP contribution in [0.1, 0.15) is 12.0 Å². The van der Waals surface area contributed by atoms with E-state index in [0.29, 0.717) is 21.8 Å². The molecule has 3 nitrogen and oxygen atoms in total. The molecule has 1 heterocycles. The molecule has 4 rings (SSSR count). The van der Waals surface area contributed by atoms with Crippen molar-refractivity contribution in [2.75, 3.05) is 6.61 Å². The summed E-state index contributed by atoms with van der Waals surface area (Å²) in [7, 11) is 0. The van der Waals surface area contributed by atoms with Crippen LogP contribution >= 0.6 is 24.0 Å². The number of thioether (sulfide) groups is 1. The lowest BCUT2D eigenvalue weighted by Gasteiger charge is -2.24. The molecule has 1 atom stereocenters. The van der Waals surface area contributed by atoms with Crippen LogP contribution in [0.2, 0.25) is 0 Å². The van der Waals surface area contributed by atoms with E-state index in [9.17, 15) is 4.79 Å². The second kappa shape index (κ2) is 7.48. The van der Waals surface area contributed by atoms with E-state index >= 15 is 0 Å². The molecule has 0 bridgehead atoms. The lowest BCUT2D eigenvalue weighted by Crippen LogP contribution is -2.17. The van der Waals surface area contributed by atoms with E-state index in [1.54, 1.807) is 0 Å². The summed E-state index contributed by atoms with van der Waals surface area (Å²) in [6.45, 7) is 0.528. The van der Waals surface area contributed by atoms with Crippen LogP contribution in [0, 0.1) is 5.92 Å². The first-order valence-electron chi connectivity index (χ1n) is 8.41. The third-order valence-electron chi connectivity index (χ3n) is 4.41. The van der Waals surface area contributed by atoms with Crippen LogP contribution in [0.25, 0.3) is 6.08 Å². The van der Waals surface area contributed by atoms with Crippen molar-refractivity contribution in [3.8, 4) is 5.75 Å². The molecule has 26 heavy (non-hydrogen) atoms. The molecule has 1 N–H and O–H groups in total. The number of carbonyl (C=O) groups is 1. The van der Waals surface area contributed by atoms with Gasteiger partial charge in [0.2, 0.25) is 0 Å². The van der Waals surface area contributed by atoms with E-state index in [1.807, 2.05) is 30.3 Å². The molecule has 0 spiro atoms. The summed E-state index contributed by atoms with van der Waals surface area (Å²) in [5.41, 5.74) is 3.46. The van der Waals surface area contributed by atoms with Crippen molar-refractivity contribution in [3.05, 3.63) is 82.3 Å². The minimum atomic E-state index is -0.145. The molecular formula is C21H17NO2S2. The highest BCUT2D eigenvalue weighted by atomic mass is 32.2. The van der Waals surface area contributed by atoms with Gasteiger partial charge in [-0.05, 0) is 41.3 Å². The molecule has 0 radical (unpaired) electrons. The van der Waals surface area contributed by atoms with E-state index in [-0.39, 0.29) is 5.91 Å². The topological polar surface area (TPSA) is 38.3 Å². The Morgan fingerprint density at radius 2 is 2.23 bits per heavy atom. The lowest BCUT2D eigenvalue weighted by molar-refractivity contribution is -0.115. The first kappa shape index (κ1) is 17.1. The average Bonchev–Trinajstić information content (AvgIpc) is 2.97. The molecule has 5 heteroatoms. The standard InChI is InChI=1S/C21H17NO2S2/c23-20-19(26-21(25)22-20)12-14-5-3-9-17(11-14)24-13-16-8-4-7-15-6-1-2-10-18(15)16/h1-5,7-12,15H,6,13H2,(H,22,23,25)/b19-12-. The van der Waals surface area contributed by atoms with Crippen molar-refractivity contribution >= 4 is 40.3 Å². The molecule has 2 aliphatic carbocycles. The number of fused-ring (bicyclic) bond motifs is 1. The molecular weight excluding hydrogens is 362 g/mol. The van der Waals surface area contributed by atoms with Crippen LogP contribution in [0.15, 0.2) is 76.8 Å². The number of allylic oxidation sites excluding steroid dienone is 6. The van der Waals surface area contributed by atoms with Crippen LogP contribution in [0.3, 0.4) is 0 Å². The Labute approximate surface area is 162 Å². The van der Waals surface area contributed by atoms with Gasteiger partial charge >= 0.3 is 0 Å². The van der Waals surface area contributed by atoms with Crippen molar-refractivity contribution in [1.82, 2.24) is 5.32 Å². The molecule has 1 aromatic rings. The van der Waals surface area contributed by atoms with E-state index < -0.39 is 0 Å². The summed E-state index contributed by atoms with van der Waals surface area (Å²) >= 11 is 6.30. The Kier molecular flexibility index (Phi) is 4.91. The quantitative estimate of drug-likeness (QED) is 0.615. The zero-order valence-electron chi connectivity index (χ0n) is 14.0. The third kappa shape index (κ3) is 3.74. The molecule has 1 aromatic carbocycles. The number of rotatable bonds is 4. The number of benzene rings is 1. The van der Waals surface area contributed by atoms with E-state index in [1.165, 1.54) is 22.9 Å². The van der Waals surface area contributed by atoms with Crippen LogP contribution in [0.5, 0.6) is 5.75 Å². The fraction of sp³-hybridized carbons (Fsp3) is 0.143. The largest absolute Gasteiger partial charge is 0.489 e. The van der Waals surface area contributed by atoms with E-state index in [4.69, 9.17) is 17.0 Å². The molecule has 0 aromatic heterocycles. The zero-order chi connectivity index (χ0) is 17.9. The minimum Gasteiger partial charge on any atom is -0.489 e. The van der Waals surface area contributed by atoms with Crippen molar-refractivity contribution in [2.45, 2.75) is 6.42 Å². The lowest BCUT2D eigenvalue weighted by atomic mass is 9.83. The van der Waals surface area contributed by atoms with Gasteiger partial charge in [0.1, 0.15) is 16.7 Å². The van der Waals surface area contributed by atoms with Crippen molar-refractivity contribution in [3.63, 3.8) is 0 Å². The highest BCUT2D eigenvalue weighted by Gasteiger charge is 2.22. The van der Waals surface area contributed by atoms with E-state index in [0.717, 1.165) is 17.7 Å². The van der Waals surface area contributed by atoms with Gasteiger partial charge in [-0.3, -0.25) is 4.79 Å². The number of carbonyl (C=O) groups excluding carboxylic acids is 1. The molecule has 3 aliphatic rings. The highest BCUT2D eigenvalue weighted by Crippen LogP contribution is 2.32. The van der Waals surface area contributed by atoms with E-state index in [2.05, 4.69) is 41.8 Å². The monoisotopic (exact) mass is 379 g/mol. The van der Waals surface area contributed by atoms with Gasteiger partial charge in [0.05, 0.1) is 4.91 Å². The van der Waals surface area contributed by atoms with Crippen LogP contribution in [-0.2, 0) is 4.79 Å². The molecule has 1 aliphatic heterocycles. The summed E-state index contributed by atoms with van der Waals surface area (Å²) in [5, 5.41) is 2.63. The van der Waals surface area contributed by atoms with Gasteiger partial charge in [-0.25, -0.2) is 0 Å². The summed E-state index contributed by atoms with van der Waals surface area (Å²) in [6.07, 6.45) is 15.8. The second-order valence-corrected chi connectivity index (χ2v) is 7.90. The van der Waals surface area contributed by atoms with Gasteiger partial charge in [-0.1, -0.05) is 72.6 Å². The Morgan fingerprint density at radius 1 is 1.31 bits per heavy atom. The predicted molar refractivity (Wildman–Crippen MR) is 111 cm³/mol. The minimum absolute atomic E-state index is 0.145. The molecule has 1 amide bonds. The Morgan fingerprint density at radius 3 is 3.08 bits per heavy atom. The Balaban J connectivity index is 1.47. The Hall–Kier alpha value is -2.37. The first-order chi connectivity index (χ1) is 12.7. The summed E-state index contributed by atoms with van der Waals surface area (Å²) < 4.78 is 6.51. The van der Waals surface area contributed by atoms with Crippen LogP contribution in [-0.4, -0.2) is 16.8 Å². The van der Waals surface area contributed by atoms with Crippen LogP contribution < -0.4 is 10.1 Å². The summed E-state index contributed by atoms with van der Waals surface area (Å²) in [5.74, 6) is 1.10. The first-order valence-corrected chi connectivity index (χ1v) is 9.64. The third-order valence-corrected chi connectivity index (χ3v) is 5.57. The highest BCUT2D eigenvalue weighted by molar-refractivity contribution is 8.26. The maximum atomic E-state index is 11.8. The van der Waals surface area contributed by atoms with Gasteiger partial charge in [0, 0.05) is 5.92 Å². The number of amides is 1. The number of ether oxygens (including phenoxy) is 1. The molecule has 0 saturated carbocycles. The van der Waals surface area contributed by atoms with Crippen molar-refractivity contribution in [2.24, 2.45) is 5.92 Å². The molecule has 1 saturated heterocycles. The molecule has 1 fully saturated rings.